The molecule has 3 nitrogen and oxygen atoms in total. The van der Waals surface area contributed by atoms with Crippen molar-refractivity contribution < 1.29 is 4.79 Å². The molecule has 0 atom stereocenters. The summed E-state index contributed by atoms with van der Waals surface area (Å²) in [5, 5.41) is 4.12. The van der Waals surface area contributed by atoms with Crippen molar-refractivity contribution in [2.45, 2.75) is 38.1 Å². The highest BCUT2D eigenvalue weighted by Gasteiger charge is 2.20. The molecule has 1 aromatic heterocycles. The average Bonchev–Trinajstić information content (AvgIpc) is 2.78. The van der Waals surface area contributed by atoms with Crippen LogP contribution in [-0.2, 0) is 0 Å². The Kier molecular flexibility index (Phi) is 3.42. The van der Waals surface area contributed by atoms with Crippen LogP contribution >= 0.6 is 11.3 Å². The molecule has 4 heteroatoms. The number of nitrogen functional groups attached to an aromatic ring is 1. The Balaban J connectivity index is 1.83. The molecule has 19 heavy (non-hydrogen) atoms. The molecule has 0 saturated heterocycles. The lowest BCUT2D eigenvalue weighted by atomic mass is 9.95. The van der Waals surface area contributed by atoms with E-state index in [1.807, 2.05) is 24.3 Å². The van der Waals surface area contributed by atoms with E-state index < -0.39 is 0 Å². The summed E-state index contributed by atoms with van der Waals surface area (Å²) in [6.45, 7) is 0. The second-order valence-electron chi connectivity index (χ2n) is 5.15. The maximum Gasteiger partial charge on any atom is 0.263 e. The normalized spacial score (nSPS) is 16.6. The molecule has 1 fully saturated rings. The largest absolute Gasteiger partial charge is 0.397 e. The Morgan fingerprint density at radius 2 is 1.95 bits per heavy atom. The van der Waals surface area contributed by atoms with Gasteiger partial charge in [-0.05, 0) is 18.9 Å². The number of carbonyl (C=O) groups is 1. The molecule has 0 bridgehead atoms. The van der Waals surface area contributed by atoms with Gasteiger partial charge in [0.2, 0.25) is 0 Å². The third-order valence-corrected chi connectivity index (χ3v) is 4.97. The van der Waals surface area contributed by atoms with Crippen molar-refractivity contribution in [3.05, 3.63) is 29.1 Å². The first-order valence-corrected chi connectivity index (χ1v) is 7.65. The van der Waals surface area contributed by atoms with E-state index in [-0.39, 0.29) is 5.91 Å². The molecule has 1 heterocycles. The zero-order valence-electron chi connectivity index (χ0n) is 10.8. The van der Waals surface area contributed by atoms with Gasteiger partial charge in [-0.2, -0.15) is 0 Å². The number of amides is 1. The molecule has 0 aliphatic heterocycles. The summed E-state index contributed by atoms with van der Waals surface area (Å²) in [6.07, 6.45) is 5.91. The maximum absolute atomic E-state index is 12.3. The summed E-state index contributed by atoms with van der Waals surface area (Å²) in [5.41, 5.74) is 6.71. The van der Waals surface area contributed by atoms with Gasteiger partial charge in [0.1, 0.15) is 4.88 Å². The van der Waals surface area contributed by atoms with Crippen LogP contribution in [0.1, 0.15) is 41.8 Å². The zero-order valence-corrected chi connectivity index (χ0v) is 11.6. The molecule has 1 aromatic carbocycles. The van der Waals surface area contributed by atoms with Gasteiger partial charge in [0.05, 0.1) is 5.69 Å². The second-order valence-corrected chi connectivity index (χ2v) is 6.20. The molecular formula is C15H18N2OS. The third kappa shape index (κ3) is 2.45. The molecule has 100 valence electrons. The van der Waals surface area contributed by atoms with Crippen LogP contribution in [0, 0.1) is 0 Å². The molecule has 3 rings (SSSR count). The van der Waals surface area contributed by atoms with Gasteiger partial charge in [-0.1, -0.05) is 37.5 Å². The topological polar surface area (TPSA) is 55.1 Å². The van der Waals surface area contributed by atoms with E-state index in [1.54, 1.807) is 0 Å². The van der Waals surface area contributed by atoms with Crippen molar-refractivity contribution in [3.8, 4) is 0 Å². The number of thiophene rings is 1. The lowest BCUT2D eigenvalue weighted by Gasteiger charge is -2.22. The molecule has 1 amide bonds. The first-order chi connectivity index (χ1) is 9.25. The first-order valence-electron chi connectivity index (χ1n) is 6.83. The molecule has 1 saturated carbocycles. The minimum absolute atomic E-state index is 0.00870. The maximum atomic E-state index is 12.3. The van der Waals surface area contributed by atoms with Crippen LogP contribution in [-0.4, -0.2) is 11.9 Å². The fraction of sp³-hybridized carbons (Fsp3) is 0.400. The van der Waals surface area contributed by atoms with E-state index >= 15 is 0 Å². The van der Waals surface area contributed by atoms with Gasteiger partial charge in [-0.25, -0.2) is 0 Å². The van der Waals surface area contributed by atoms with Gasteiger partial charge in [0.15, 0.2) is 0 Å². The number of hydrogen-bond acceptors (Lipinski definition) is 3. The van der Waals surface area contributed by atoms with E-state index in [0.29, 0.717) is 16.6 Å². The van der Waals surface area contributed by atoms with Crippen molar-refractivity contribution in [2.24, 2.45) is 0 Å². The predicted molar refractivity (Wildman–Crippen MR) is 80.6 cm³/mol. The molecule has 1 aliphatic carbocycles. The van der Waals surface area contributed by atoms with E-state index in [1.165, 1.54) is 30.6 Å². The Labute approximate surface area is 116 Å². The number of hydrogen-bond donors (Lipinski definition) is 2. The van der Waals surface area contributed by atoms with Crippen LogP contribution in [0.3, 0.4) is 0 Å². The predicted octanol–water partition coefficient (Wildman–Crippen LogP) is 3.55. The van der Waals surface area contributed by atoms with E-state index in [4.69, 9.17) is 5.73 Å². The second kappa shape index (κ2) is 5.21. The third-order valence-electron chi connectivity index (χ3n) is 3.78. The van der Waals surface area contributed by atoms with Gasteiger partial charge in [0, 0.05) is 16.1 Å². The minimum Gasteiger partial charge on any atom is -0.397 e. The molecule has 1 aliphatic rings. The lowest BCUT2D eigenvalue weighted by molar-refractivity contribution is 0.0933. The van der Waals surface area contributed by atoms with Crippen LogP contribution in [0.4, 0.5) is 5.69 Å². The first kappa shape index (κ1) is 12.5. The number of nitrogens with one attached hydrogen (secondary N) is 1. The van der Waals surface area contributed by atoms with Crippen molar-refractivity contribution in [2.75, 3.05) is 5.73 Å². The van der Waals surface area contributed by atoms with Crippen molar-refractivity contribution in [1.82, 2.24) is 5.32 Å². The number of benzene rings is 1. The van der Waals surface area contributed by atoms with Gasteiger partial charge in [-0.15, -0.1) is 11.3 Å². The van der Waals surface area contributed by atoms with Gasteiger partial charge < -0.3 is 11.1 Å². The Hall–Kier alpha value is -1.55. The number of fused-ring (bicyclic) bond motifs is 1. The van der Waals surface area contributed by atoms with Gasteiger partial charge in [-0.3, -0.25) is 4.79 Å². The van der Waals surface area contributed by atoms with E-state index in [9.17, 15) is 4.79 Å². The quantitative estimate of drug-likeness (QED) is 0.880. The smallest absolute Gasteiger partial charge is 0.263 e. The number of carbonyl (C=O) groups excluding carboxylic acids is 1. The summed E-state index contributed by atoms with van der Waals surface area (Å²) < 4.78 is 1.08. The average molecular weight is 274 g/mol. The lowest BCUT2D eigenvalue weighted by Crippen LogP contribution is -2.36. The molecule has 0 spiro atoms. The standard InChI is InChI=1S/C15H18N2OS/c16-13-11-8-4-5-9-12(11)19-14(13)15(18)17-10-6-2-1-3-7-10/h4-5,8-10H,1-3,6-7,16H2,(H,17,18). The van der Waals surface area contributed by atoms with Crippen LogP contribution in [0.2, 0.25) is 0 Å². The van der Waals surface area contributed by atoms with E-state index in [2.05, 4.69) is 5.32 Å². The Morgan fingerprint density at radius 3 is 2.68 bits per heavy atom. The number of rotatable bonds is 2. The van der Waals surface area contributed by atoms with Crippen molar-refractivity contribution in [1.29, 1.82) is 0 Å². The fourth-order valence-corrected chi connectivity index (χ4v) is 3.76. The van der Waals surface area contributed by atoms with E-state index in [0.717, 1.165) is 22.9 Å². The highest BCUT2D eigenvalue weighted by molar-refractivity contribution is 7.21. The number of nitrogens with two attached hydrogens (primary N) is 1. The Bertz CT molecular complexity index is 599. The molecular weight excluding hydrogens is 256 g/mol. The summed E-state index contributed by atoms with van der Waals surface area (Å²) in [4.78, 5) is 13.0. The molecule has 0 radical (unpaired) electrons. The summed E-state index contributed by atoms with van der Waals surface area (Å²) in [6, 6.07) is 8.23. The van der Waals surface area contributed by atoms with Crippen LogP contribution in [0.15, 0.2) is 24.3 Å². The van der Waals surface area contributed by atoms with Crippen LogP contribution in [0.5, 0.6) is 0 Å². The Morgan fingerprint density at radius 1 is 1.21 bits per heavy atom. The van der Waals surface area contributed by atoms with Crippen LogP contribution in [0.25, 0.3) is 10.1 Å². The molecule has 3 N–H and O–H groups in total. The fourth-order valence-electron chi connectivity index (χ4n) is 2.73. The monoisotopic (exact) mass is 274 g/mol. The SMILES string of the molecule is Nc1c(C(=O)NC2CCCCC2)sc2ccccc12. The minimum atomic E-state index is -0.00870. The number of anilines is 1. The highest BCUT2D eigenvalue weighted by atomic mass is 32.1. The van der Waals surface area contributed by atoms with Gasteiger partial charge in [0.25, 0.3) is 5.91 Å². The highest BCUT2D eigenvalue weighted by Crippen LogP contribution is 2.33. The molecule has 0 unspecified atom stereocenters. The summed E-state index contributed by atoms with van der Waals surface area (Å²) >= 11 is 1.48. The van der Waals surface area contributed by atoms with Crippen molar-refractivity contribution in [3.63, 3.8) is 0 Å². The van der Waals surface area contributed by atoms with Crippen LogP contribution < -0.4 is 11.1 Å². The van der Waals surface area contributed by atoms with Gasteiger partial charge >= 0.3 is 0 Å². The zero-order chi connectivity index (χ0) is 13.2. The summed E-state index contributed by atoms with van der Waals surface area (Å²) in [5.74, 6) is -0.00870. The summed E-state index contributed by atoms with van der Waals surface area (Å²) in [7, 11) is 0. The molecule has 2 aromatic rings. The van der Waals surface area contributed by atoms with Crippen molar-refractivity contribution >= 4 is 33.0 Å².